The summed E-state index contributed by atoms with van der Waals surface area (Å²) >= 11 is 17.3. The van der Waals surface area contributed by atoms with Gasteiger partial charge >= 0.3 is 0 Å². The Hall–Kier alpha value is -1.75. The number of halogens is 3. The van der Waals surface area contributed by atoms with E-state index in [1.165, 1.54) is 0 Å². The lowest BCUT2D eigenvalue weighted by molar-refractivity contribution is -0.110. The highest BCUT2D eigenvalue weighted by atomic mass is 35.5. The number of benzene rings is 2. The molecule has 2 aromatic rings. The molecule has 0 unspecified atom stereocenters. The maximum atomic E-state index is 11.8. The van der Waals surface area contributed by atoms with Crippen molar-refractivity contribution in [3.63, 3.8) is 0 Å². The van der Waals surface area contributed by atoms with Gasteiger partial charge in [0.05, 0.1) is 5.69 Å². The predicted octanol–water partition coefficient (Wildman–Crippen LogP) is 4.60. The van der Waals surface area contributed by atoms with E-state index in [1.54, 1.807) is 48.5 Å². The van der Waals surface area contributed by atoms with E-state index in [0.29, 0.717) is 21.4 Å². The summed E-state index contributed by atoms with van der Waals surface area (Å²) in [6.45, 7) is 0. The maximum Gasteiger partial charge on any atom is 0.287 e. The summed E-state index contributed by atoms with van der Waals surface area (Å²) in [4.78, 5) is 11.8. The summed E-state index contributed by atoms with van der Waals surface area (Å²) in [5.74, 6) is -0.527. The number of amides is 1. The van der Waals surface area contributed by atoms with Crippen LogP contribution in [0.5, 0.6) is 0 Å². The Balaban J connectivity index is 1.96. The fraction of sp³-hybridized carbons (Fsp3) is 0. The van der Waals surface area contributed by atoms with Crippen LogP contribution in [0.15, 0.2) is 53.6 Å². The van der Waals surface area contributed by atoms with Crippen LogP contribution in [-0.4, -0.2) is 11.1 Å². The van der Waals surface area contributed by atoms with E-state index in [4.69, 9.17) is 34.8 Å². The van der Waals surface area contributed by atoms with Crippen molar-refractivity contribution in [2.75, 3.05) is 10.7 Å². The topological polar surface area (TPSA) is 53.5 Å². The van der Waals surface area contributed by atoms with Crippen LogP contribution in [-0.2, 0) is 4.79 Å². The van der Waals surface area contributed by atoms with Crippen LogP contribution < -0.4 is 10.7 Å². The summed E-state index contributed by atoms with van der Waals surface area (Å²) in [6, 6.07) is 13.5. The molecule has 0 atom stereocenters. The van der Waals surface area contributed by atoms with Crippen molar-refractivity contribution in [1.29, 1.82) is 0 Å². The standard InChI is InChI=1S/C14H10Cl3N3O/c15-9-1-5-11(6-2-9)18-14(21)13(17)20-19-12-7-3-10(16)4-8-12/h1-8,19H,(H,18,21)/b20-13-. The van der Waals surface area contributed by atoms with Crippen LogP contribution in [0, 0.1) is 0 Å². The number of nitrogens with one attached hydrogen (secondary N) is 2. The van der Waals surface area contributed by atoms with E-state index in [-0.39, 0.29) is 5.17 Å². The second kappa shape index (κ2) is 7.31. The highest BCUT2D eigenvalue weighted by Gasteiger charge is 2.08. The molecule has 2 rings (SSSR count). The quantitative estimate of drug-likeness (QED) is 0.630. The first-order valence-electron chi connectivity index (χ1n) is 5.86. The molecule has 0 aliphatic heterocycles. The van der Waals surface area contributed by atoms with E-state index in [2.05, 4.69) is 15.8 Å². The zero-order chi connectivity index (χ0) is 15.2. The first-order valence-corrected chi connectivity index (χ1v) is 6.99. The van der Waals surface area contributed by atoms with Gasteiger partial charge in [-0.2, -0.15) is 5.10 Å². The SMILES string of the molecule is O=C(Nc1ccc(Cl)cc1)/C(Cl)=N/Nc1ccc(Cl)cc1. The lowest BCUT2D eigenvalue weighted by Crippen LogP contribution is -2.19. The summed E-state index contributed by atoms with van der Waals surface area (Å²) in [7, 11) is 0. The monoisotopic (exact) mass is 341 g/mol. The molecule has 0 aromatic heterocycles. The van der Waals surface area contributed by atoms with Gasteiger partial charge < -0.3 is 5.32 Å². The molecule has 0 fully saturated rings. The Bertz CT molecular complexity index is 654. The highest BCUT2D eigenvalue weighted by Crippen LogP contribution is 2.15. The zero-order valence-corrected chi connectivity index (χ0v) is 12.9. The Morgan fingerprint density at radius 2 is 1.33 bits per heavy atom. The molecular formula is C14H10Cl3N3O. The van der Waals surface area contributed by atoms with Crippen molar-refractivity contribution in [2.24, 2.45) is 5.10 Å². The third-order valence-corrected chi connectivity index (χ3v) is 3.18. The van der Waals surface area contributed by atoms with Gasteiger partial charge in [0.2, 0.25) is 5.17 Å². The second-order valence-corrected chi connectivity index (χ2v) is 5.21. The van der Waals surface area contributed by atoms with Crippen molar-refractivity contribution in [3.05, 3.63) is 58.6 Å². The van der Waals surface area contributed by atoms with Crippen molar-refractivity contribution in [1.82, 2.24) is 0 Å². The minimum absolute atomic E-state index is 0.222. The summed E-state index contributed by atoms with van der Waals surface area (Å²) in [5, 5.41) is 7.35. The Kier molecular flexibility index (Phi) is 5.44. The van der Waals surface area contributed by atoms with Gasteiger partial charge in [-0.05, 0) is 48.5 Å². The van der Waals surface area contributed by atoms with Crippen LogP contribution in [0.2, 0.25) is 10.0 Å². The van der Waals surface area contributed by atoms with Gasteiger partial charge in [-0.3, -0.25) is 10.2 Å². The molecule has 0 aliphatic rings. The molecule has 0 aliphatic carbocycles. The van der Waals surface area contributed by atoms with Gasteiger partial charge in [0.25, 0.3) is 5.91 Å². The number of rotatable bonds is 4. The van der Waals surface area contributed by atoms with Crippen molar-refractivity contribution in [3.8, 4) is 0 Å². The van der Waals surface area contributed by atoms with Crippen molar-refractivity contribution >= 4 is 57.3 Å². The molecule has 108 valence electrons. The van der Waals surface area contributed by atoms with Crippen molar-refractivity contribution in [2.45, 2.75) is 0 Å². The number of carbonyl (C=O) groups is 1. The van der Waals surface area contributed by atoms with Gasteiger partial charge in [-0.15, -0.1) is 0 Å². The van der Waals surface area contributed by atoms with Crippen LogP contribution in [0.25, 0.3) is 0 Å². The number of hydrazone groups is 1. The van der Waals surface area contributed by atoms with Crippen LogP contribution >= 0.6 is 34.8 Å². The molecule has 0 saturated heterocycles. The number of hydrogen-bond donors (Lipinski definition) is 2. The van der Waals surface area contributed by atoms with Gasteiger partial charge in [0.15, 0.2) is 0 Å². The van der Waals surface area contributed by atoms with E-state index in [9.17, 15) is 4.79 Å². The van der Waals surface area contributed by atoms with Crippen LogP contribution in [0.3, 0.4) is 0 Å². The Morgan fingerprint density at radius 1 is 0.857 bits per heavy atom. The molecule has 0 heterocycles. The Morgan fingerprint density at radius 3 is 1.86 bits per heavy atom. The van der Waals surface area contributed by atoms with Crippen LogP contribution in [0.4, 0.5) is 11.4 Å². The van der Waals surface area contributed by atoms with Gasteiger partial charge in [-0.1, -0.05) is 34.8 Å². The molecule has 4 nitrogen and oxygen atoms in total. The van der Waals surface area contributed by atoms with E-state index in [1.807, 2.05) is 0 Å². The first kappa shape index (κ1) is 15.6. The molecule has 0 radical (unpaired) electrons. The maximum absolute atomic E-state index is 11.8. The number of carbonyl (C=O) groups excluding carboxylic acids is 1. The summed E-state index contributed by atoms with van der Waals surface area (Å²) < 4.78 is 0. The van der Waals surface area contributed by atoms with E-state index >= 15 is 0 Å². The predicted molar refractivity (Wildman–Crippen MR) is 88.4 cm³/mol. The van der Waals surface area contributed by atoms with Crippen LogP contribution in [0.1, 0.15) is 0 Å². The van der Waals surface area contributed by atoms with Crippen molar-refractivity contribution < 1.29 is 4.79 Å². The second-order valence-electron chi connectivity index (χ2n) is 3.98. The van der Waals surface area contributed by atoms with Gasteiger partial charge in [0, 0.05) is 15.7 Å². The lowest BCUT2D eigenvalue weighted by Gasteiger charge is -2.04. The molecule has 21 heavy (non-hydrogen) atoms. The van der Waals surface area contributed by atoms with E-state index < -0.39 is 5.91 Å². The third kappa shape index (κ3) is 4.93. The van der Waals surface area contributed by atoms with E-state index in [0.717, 1.165) is 0 Å². The minimum Gasteiger partial charge on any atom is -0.320 e. The molecule has 2 N–H and O–H groups in total. The summed E-state index contributed by atoms with van der Waals surface area (Å²) in [6.07, 6.45) is 0. The Labute approximate surface area is 136 Å². The molecular weight excluding hydrogens is 333 g/mol. The lowest BCUT2D eigenvalue weighted by atomic mass is 10.3. The molecule has 0 spiro atoms. The smallest absolute Gasteiger partial charge is 0.287 e. The molecule has 0 bridgehead atoms. The number of anilines is 2. The first-order chi connectivity index (χ1) is 10.0. The average molecular weight is 343 g/mol. The third-order valence-electron chi connectivity index (χ3n) is 2.42. The molecule has 7 heteroatoms. The number of nitrogens with zero attached hydrogens (tertiary/aromatic N) is 1. The fourth-order valence-corrected chi connectivity index (χ4v) is 1.75. The number of hydrogen-bond acceptors (Lipinski definition) is 3. The normalized spacial score (nSPS) is 11.1. The molecule has 2 aromatic carbocycles. The minimum atomic E-state index is -0.527. The molecule has 1 amide bonds. The van der Waals surface area contributed by atoms with Gasteiger partial charge in [-0.25, -0.2) is 0 Å². The largest absolute Gasteiger partial charge is 0.320 e. The fourth-order valence-electron chi connectivity index (χ4n) is 1.40. The average Bonchev–Trinajstić information content (AvgIpc) is 2.48. The highest BCUT2D eigenvalue weighted by molar-refractivity contribution is 6.84. The zero-order valence-electron chi connectivity index (χ0n) is 10.6. The summed E-state index contributed by atoms with van der Waals surface area (Å²) in [5.41, 5.74) is 3.90. The molecule has 0 saturated carbocycles. The van der Waals surface area contributed by atoms with Gasteiger partial charge in [0.1, 0.15) is 0 Å².